The molecule has 0 aromatic rings. The van der Waals surface area contributed by atoms with Crippen molar-refractivity contribution in [2.45, 2.75) is 6.42 Å². The van der Waals surface area contributed by atoms with Crippen LogP contribution in [0.1, 0.15) is 6.42 Å². The van der Waals surface area contributed by atoms with E-state index in [0.29, 0.717) is 0 Å². The predicted molar refractivity (Wildman–Crippen MR) is 33.5 cm³/mol. The number of carboxylic acids is 1. The number of rotatable bonds is 4. The summed E-state index contributed by atoms with van der Waals surface area (Å²) < 4.78 is 0. The highest BCUT2D eigenvalue weighted by Gasteiger charge is 2.15. The van der Waals surface area contributed by atoms with E-state index in [1.54, 1.807) is 0 Å². The molecule has 1 unspecified atom stereocenters. The van der Waals surface area contributed by atoms with Gasteiger partial charge in [0.05, 0.1) is 13.5 Å². The van der Waals surface area contributed by atoms with Crippen molar-refractivity contribution in [2.24, 2.45) is 0 Å². The summed E-state index contributed by atoms with van der Waals surface area (Å²) in [7, 11) is 0.912. The third-order valence-electron chi connectivity index (χ3n) is 0.992. The minimum Gasteiger partial charge on any atom is -0.599 e. The first-order valence-corrected chi connectivity index (χ1v) is 2.88. The summed E-state index contributed by atoms with van der Waals surface area (Å²) in [4.78, 5) is 18.6. The smallest absolute Gasteiger partial charge is 0.372 e. The average Bonchev–Trinajstić information content (AvgIpc) is 1.80. The van der Waals surface area contributed by atoms with E-state index < -0.39 is 29.5 Å². The monoisotopic (exact) mass is 163 g/mol. The lowest BCUT2D eigenvalue weighted by molar-refractivity contribution is -1.05. The number of Topliss-reactive ketones (excluding diaryl/α,β-unsaturated/α-hetero) is 1. The second-order valence-corrected chi connectivity index (χ2v) is 2.25. The number of carbonyl (C=O) groups excluding carboxylic acids is 1. The maximum absolute atomic E-state index is 10.4. The Bertz CT molecular complexity index is 170. The van der Waals surface area contributed by atoms with Crippen molar-refractivity contribution in [3.05, 3.63) is 5.21 Å². The molecule has 2 N–H and O–H groups in total. The van der Waals surface area contributed by atoms with Crippen molar-refractivity contribution in [3.63, 3.8) is 0 Å². The van der Waals surface area contributed by atoms with Gasteiger partial charge in [-0.1, -0.05) is 0 Å². The first kappa shape index (κ1) is 10.0. The van der Waals surface area contributed by atoms with E-state index in [0.717, 1.165) is 7.05 Å². The van der Waals surface area contributed by atoms with Crippen molar-refractivity contribution in [2.75, 3.05) is 13.6 Å². The number of hydroxylamine groups is 4. The molecule has 11 heavy (non-hydrogen) atoms. The van der Waals surface area contributed by atoms with Crippen LogP contribution < -0.4 is 0 Å². The summed E-state index contributed by atoms with van der Waals surface area (Å²) >= 11 is 0. The molecule has 6 heteroatoms. The van der Waals surface area contributed by atoms with E-state index >= 15 is 0 Å². The molecule has 0 bridgehead atoms. The van der Waals surface area contributed by atoms with E-state index in [4.69, 9.17) is 10.3 Å². The van der Waals surface area contributed by atoms with Gasteiger partial charge in [-0.15, -0.1) is 0 Å². The van der Waals surface area contributed by atoms with Crippen LogP contribution in [-0.4, -0.2) is 40.5 Å². The largest absolute Gasteiger partial charge is 0.599 e. The second kappa shape index (κ2) is 3.42. The molecule has 0 spiro atoms. The van der Waals surface area contributed by atoms with Crippen LogP contribution in [0.25, 0.3) is 0 Å². The normalized spacial score (nSPS) is 15.5. The van der Waals surface area contributed by atoms with E-state index in [1.807, 2.05) is 0 Å². The zero-order valence-electron chi connectivity index (χ0n) is 5.98. The highest BCUT2D eigenvalue weighted by molar-refractivity contribution is 6.32. The Kier molecular flexibility index (Phi) is 3.12. The molecule has 0 aliphatic heterocycles. The molecule has 1 atom stereocenters. The number of hydrogen-bond donors (Lipinski definition) is 2. The standard InChI is InChI=1S/C5H9NO5/c1-6(10,11)3-2-4(7)5(8)9/h10H,2-3H2,1H3,(H,8,9). The molecule has 0 rings (SSSR count). The fourth-order valence-electron chi connectivity index (χ4n) is 0.416. The van der Waals surface area contributed by atoms with Gasteiger partial charge in [0.2, 0.25) is 5.78 Å². The van der Waals surface area contributed by atoms with E-state index in [9.17, 15) is 14.8 Å². The van der Waals surface area contributed by atoms with Crippen molar-refractivity contribution in [1.29, 1.82) is 0 Å². The van der Waals surface area contributed by atoms with Gasteiger partial charge in [0.25, 0.3) is 0 Å². The Hall–Kier alpha value is -0.980. The van der Waals surface area contributed by atoms with Gasteiger partial charge in [-0.2, -0.15) is 0 Å². The number of carbonyl (C=O) groups is 2. The summed E-state index contributed by atoms with van der Waals surface area (Å²) in [6.07, 6.45) is -0.453. The molecule has 0 fully saturated rings. The SMILES string of the molecule is C[N+]([O-])(O)CCC(=O)C(=O)O. The van der Waals surface area contributed by atoms with E-state index in [-0.39, 0.29) is 0 Å². The summed E-state index contributed by atoms with van der Waals surface area (Å²) in [5.74, 6) is -2.65. The van der Waals surface area contributed by atoms with Gasteiger partial charge in [-0.05, 0) is 0 Å². The van der Waals surface area contributed by atoms with Crippen molar-refractivity contribution in [1.82, 2.24) is 0 Å². The summed E-state index contributed by atoms with van der Waals surface area (Å²) in [5.41, 5.74) is 0. The first-order chi connectivity index (χ1) is 4.83. The molecule has 0 aliphatic carbocycles. The molecule has 0 radical (unpaired) electrons. The molecule has 0 saturated heterocycles. The van der Waals surface area contributed by atoms with E-state index in [2.05, 4.69) is 0 Å². The Labute approximate surface area is 62.8 Å². The number of nitrogens with zero attached hydrogens (tertiary/aromatic N) is 1. The van der Waals surface area contributed by atoms with Crippen LogP contribution in [0.5, 0.6) is 0 Å². The van der Waals surface area contributed by atoms with Gasteiger partial charge in [0, 0.05) is 0 Å². The van der Waals surface area contributed by atoms with Crippen LogP contribution in [0.2, 0.25) is 0 Å². The molecule has 0 aliphatic rings. The Morgan fingerprint density at radius 1 is 1.55 bits per heavy atom. The van der Waals surface area contributed by atoms with Gasteiger partial charge in [-0.3, -0.25) is 4.79 Å². The molecule has 6 nitrogen and oxygen atoms in total. The average molecular weight is 163 g/mol. The molecule has 0 amide bonds. The molecule has 0 heterocycles. The number of carboxylic acid groups (broad SMARTS) is 1. The topological polar surface area (TPSA) is 97.7 Å². The first-order valence-electron chi connectivity index (χ1n) is 2.88. The van der Waals surface area contributed by atoms with Crippen LogP contribution >= 0.6 is 0 Å². The number of aliphatic carboxylic acids is 1. The van der Waals surface area contributed by atoms with Crippen molar-refractivity contribution < 1.29 is 24.7 Å². The minimum absolute atomic E-state index is 0.439. The lowest BCUT2D eigenvalue weighted by Crippen LogP contribution is -2.36. The lowest BCUT2D eigenvalue weighted by Gasteiger charge is -2.27. The maximum Gasteiger partial charge on any atom is 0.372 e. The number of hydrogen-bond acceptors (Lipinski definition) is 4. The van der Waals surface area contributed by atoms with Crippen molar-refractivity contribution >= 4 is 11.8 Å². The molecule has 0 aromatic carbocycles. The molecular formula is C5H9NO5. The van der Waals surface area contributed by atoms with Gasteiger partial charge >= 0.3 is 5.97 Å². The van der Waals surface area contributed by atoms with Crippen LogP contribution in [-0.2, 0) is 9.59 Å². The van der Waals surface area contributed by atoms with Gasteiger partial charge in [0.15, 0.2) is 0 Å². The lowest BCUT2D eigenvalue weighted by atomic mass is 10.3. The summed E-state index contributed by atoms with van der Waals surface area (Å²) in [6.45, 7) is -0.439. The Morgan fingerprint density at radius 2 is 2.00 bits per heavy atom. The summed E-state index contributed by atoms with van der Waals surface area (Å²) in [5, 5.41) is 26.9. The Morgan fingerprint density at radius 3 is 2.27 bits per heavy atom. The molecule has 64 valence electrons. The fourth-order valence-corrected chi connectivity index (χ4v) is 0.416. The zero-order valence-corrected chi connectivity index (χ0v) is 5.98. The predicted octanol–water partition coefficient (Wildman–Crippen LogP) is -0.636. The molecular weight excluding hydrogens is 154 g/mol. The van der Waals surface area contributed by atoms with Crippen LogP contribution in [0, 0.1) is 5.21 Å². The molecule has 0 saturated carbocycles. The van der Waals surface area contributed by atoms with Crippen molar-refractivity contribution in [3.8, 4) is 0 Å². The minimum atomic E-state index is -1.64. The van der Waals surface area contributed by atoms with Crippen LogP contribution in [0.3, 0.4) is 0 Å². The van der Waals surface area contributed by atoms with Crippen LogP contribution in [0.4, 0.5) is 0 Å². The van der Waals surface area contributed by atoms with Gasteiger partial charge in [-0.25, -0.2) is 14.8 Å². The van der Waals surface area contributed by atoms with E-state index in [1.165, 1.54) is 0 Å². The summed E-state index contributed by atoms with van der Waals surface area (Å²) in [6, 6.07) is 0. The highest BCUT2D eigenvalue weighted by atomic mass is 16.8. The quantitative estimate of drug-likeness (QED) is 0.326. The Balaban J connectivity index is 3.73. The fraction of sp³-hybridized carbons (Fsp3) is 0.600. The maximum atomic E-state index is 10.4. The zero-order chi connectivity index (χ0) is 9.07. The van der Waals surface area contributed by atoms with Crippen LogP contribution in [0.15, 0.2) is 0 Å². The third kappa shape index (κ3) is 5.46. The molecule has 0 aromatic heterocycles. The third-order valence-corrected chi connectivity index (χ3v) is 0.992. The van der Waals surface area contributed by atoms with Gasteiger partial charge < -0.3 is 10.3 Å². The highest BCUT2D eigenvalue weighted by Crippen LogP contribution is 1.95. The number of quaternary nitrogens is 1. The number of ketones is 1. The second-order valence-electron chi connectivity index (χ2n) is 2.25. The van der Waals surface area contributed by atoms with Gasteiger partial charge in [0.1, 0.15) is 6.54 Å².